The Morgan fingerprint density at radius 1 is 1.57 bits per heavy atom. The monoisotopic (exact) mass is 210 g/mol. The van der Waals surface area contributed by atoms with Crippen LogP contribution in [0.15, 0.2) is 11.4 Å². The lowest BCUT2D eigenvalue weighted by Gasteiger charge is -2.35. The third-order valence-electron chi connectivity index (χ3n) is 3.04. The van der Waals surface area contributed by atoms with Crippen molar-refractivity contribution in [2.45, 2.75) is 19.4 Å². The van der Waals surface area contributed by atoms with Crippen molar-refractivity contribution in [1.29, 1.82) is 0 Å². The molecule has 0 atom stereocenters. The lowest BCUT2D eigenvalue weighted by atomic mass is 10.1. The minimum Gasteiger partial charge on any atom is -0.314 e. The SMILES string of the molecule is Cc1ccsc1CCN(C)C1CNC1. The van der Waals surface area contributed by atoms with E-state index in [4.69, 9.17) is 0 Å². The van der Waals surface area contributed by atoms with E-state index in [0.717, 1.165) is 6.04 Å². The van der Waals surface area contributed by atoms with Crippen LogP contribution in [0.1, 0.15) is 10.4 Å². The Morgan fingerprint density at radius 2 is 2.36 bits per heavy atom. The summed E-state index contributed by atoms with van der Waals surface area (Å²) in [5.41, 5.74) is 1.45. The Balaban J connectivity index is 1.79. The maximum Gasteiger partial charge on any atom is 0.0342 e. The predicted octanol–water partition coefficient (Wildman–Crippen LogP) is 1.50. The Morgan fingerprint density at radius 3 is 2.86 bits per heavy atom. The van der Waals surface area contributed by atoms with Crippen LogP contribution in [0.2, 0.25) is 0 Å². The smallest absolute Gasteiger partial charge is 0.0342 e. The van der Waals surface area contributed by atoms with Gasteiger partial charge in [-0.25, -0.2) is 0 Å². The van der Waals surface area contributed by atoms with Gasteiger partial charge in [0.1, 0.15) is 0 Å². The molecule has 0 aliphatic carbocycles. The topological polar surface area (TPSA) is 15.3 Å². The zero-order valence-corrected chi connectivity index (χ0v) is 9.73. The fourth-order valence-electron chi connectivity index (χ4n) is 1.71. The molecule has 1 aromatic heterocycles. The Hall–Kier alpha value is -0.380. The molecule has 0 unspecified atom stereocenters. The predicted molar refractivity (Wildman–Crippen MR) is 62.0 cm³/mol. The summed E-state index contributed by atoms with van der Waals surface area (Å²) in [6.45, 7) is 5.73. The van der Waals surface area contributed by atoms with Crippen molar-refractivity contribution in [3.63, 3.8) is 0 Å². The number of rotatable bonds is 4. The number of thiophene rings is 1. The van der Waals surface area contributed by atoms with Crippen LogP contribution in [0.4, 0.5) is 0 Å². The van der Waals surface area contributed by atoms with Gasteiger partial charge < -0.3 is 10.2 Å². The van der Waals surface area contributed by atoms with E-state index >= 15 is 0 Å². The lowest BCUT2D eigenvalue weighted by molar-refractivity contribution is 0.182. The number of hydrogen-bond donors (Lipinski definition) is 1. The standard InChI is InChI=1S/C11H18N2S/c1-9-4-6-14-11(9)3-5-13(2)10-7-12-8-10/h4,6,10,12H,3,5,7-8H2,1-2H3. The lowest BCUT2D eigenvalue weighted by Crippen LogP contribution is -2.56. The molecule has 1 aromatic rings. The van der Waals surface area contributed by atoms with Crippen LogP contribution in [0.5, 0.6) is 0 Å². The van der Waals surface area contributed by atoms with Crippen molar-refractivity contribution in [2.24, 2.45) is 0 Å². The quantitative estimate of drug-likeness (QED) is 0.810. The molecule has 1 N–H and O–H groups in total. The molecule has 2 heterocycles. The molecule has 0 radical (unpaired) electrons. The van der Waals surface area contributed by atoms with Crippen molar-refractivity contribution < 1.29 is 0 Å². The summed E-state index contributed by atoms with van der Waals surface area (Å²) in [7, 11) is 2.23. The highest BCUT2D eigenvalue weighted by Gasteiger charge is 2.20. The van der Waals surface area contributed by atoms with Crippen LogP contribution in [0, 0.1) is 6.92 Å². The van der Waals surface area contributed by atoms with E-state index in [-0.39, 0.29) is 0 Å². The van der Waals surface area contributed by atoms with E-state index in [2.05, 4.69) is 35.6 Å². The summed E-state index contributed by atoms with van der Waals surface area (Å²) in [5, 5.41) is 5.50. The van der Waals surface area contributed by atoms with Crippen LogP contribution < -0.4 is 5.32 Å². The van der Waals surface area contributed by atoms with Crippen LogP contribution in [0.25, 0.3) is 0 Å². The minimum absolute atomic E-state index is 0.773. The highest BCUT2D eigenvalue weighted by atomic mass is 32.1. The van der Waals surface area contributed by atoms with Gasteiger partial charge in [0.25, 0.3) is 0 Å². The third-order valence-corrected chi connectivity index (χ3v) is 4.13. The van der Waals surface area contributed by atoms with Gasteiger partial charge in [0, 0.05) is 30.6 Å². The van der Waals surface area contributed by atoms with Crippen molar-refractivity contribution in [2.75, 3.05) is 26.7 Å². The molecule has 0 spiro atoms. The molecule has 1 fully saturated rings. The van der Waals surface area contributed by atoms with Crippen LogP contribution in [0.3, 0.4) is 0 Å². The van der Waals surface area contributed by atoms with Gasteiger partial charge in [-0.15, -0.1) is 11.3 Å². The largest absolute Gasteiger partial charge is 0.314 e. The average Bonchev–Trinajstić information content (AvgIpc) is 2.44. The molecular formula is C11H18N2S. The van der Waals surface area contributed by atoms with E-state index in [0.29, 0.717) is 0 Å². The van der Waals surface area contributed by atoms with E-state index in [1.54, 1.807) is 4.88 Å². The molecule has 0 saturated carbocycles. The van der Waals surface area contributed by atoms with Gasteiger partial charge in [-0.1, -0.05) is 0 Å². The normalized spacial score (nSPS) is 17.4. The second-order valence-corrected chi connectivity index (χ2v) is 5.07. The second kappa shape index (κ2) is 4.43. The zero-order valence-electron chi connectivity index (χ0n) is 8.92. The Labute approximate surface area is 89.9 Å². The van der Waals surface area contributed by atoms with Gasteiger partial charge in [0.05, 0.1) is 0 Å². The van der Waals surface area contributed by atoms with Gasteiger partial charge in [-0.05, 0) is 37.4 Å². The molecule has 3 heteroatoms. The fraction of sp³-hybridized carbons (Fsp3) is 0.636. The molecule has 0 amide bonds. The molecule has 1 aliphatic rings. The number of nitrogens with one attached hydrogen (secondary N) is 1. The maximum atomic E-state index is 3.31. The first kappa shape index (κ1) is 10.1. The van der Waals surface area contributed by atoms with E-state index in [1.807, 2.05) is 11.3 Å². The third kappa shape index (κ3) is 2.16. The van der Waals surface area contributed by atoms with E-state index < -0.39 is 0 Å². The number of aryl methyl sites for hydroxylation is 1. The van der Waals surface area contributed by atoms with Gasteiger partial charge >= 0.3 is 0 Å². The minimum atomic E-state index is 0.773. The molecular weight excluding hydrogens is 192 g/mol. The first-order valence-electron chi connectivity index (χ1n) is 5.21. The molecule has 78 valence electrons. The number of nitrogens with zero attached hydrogens (tertiary/aromatic N) is 1. The summed E-state index contributed by atoms with van der Waals surface area (Å²) in [4.78, 5) is 4.01. The molecule has 1 aliphatic heterocycles. The Kier molecular flexibility index (Phi) is 3.21. The zero-order chi connectivity index (χ0) is 9.97. The number of hydrogen-bond acceptors (Lipinski definition) is 3. The molecule has 1 saturated heterocycles. The van der Waals surface area contributed by atoms with Gasteiger partial charge in [0.15, 0.2) is 0 Å². The van der Waals surface area contributed by atoms with Crippen molar-refractivity contribution in [3.8, 4) is 0 Å². The molecule has 14 heavy (non-hydrogen) atoms. The summed E-state index contributed by atoms with van der Waals surface area (Å²) < 4.78 is 0. The summed E-state index contributed by atoms with van der Waals surface area (Å²) in [6, 6.07) is 2.99. The first-order valence-corrected chi connectivity index (χ1v) is 6.09. The fourth-order valence-corrected chi connectivity index (χ4v) is 2.61. The van der Waals surface area contributed by atoms with Crippen LogP contribution in [-0.4, -0.2) is 37.6 Å². The highest BCUT2D eigenvalue weighted by molar-refractivity contribution is 7.10. The molecule has 0 bridgehead atoms. The summed E-state index contributed by atoms with van der Waals surface area (Å²) in [5.74, 6) is 0. The molecule has 2 rings (SSSR count). The van der Waals surface area contributed by atoms with Crippen molar-refractivity contribution in [1.82, 2.24) is 10.2 Å². The Bertz CT molecular complexity index is 291. The average molecular weight is 210 g/mol. The number of likely N-dealkylation sites (N-methyl/N-ethyl adjacent to an activating group) is 1. The van der Waals surface area contributed by atoms with Crippen LogP contribution in [-0.2, 0) is 6.42 Å². The van der Waals surface area contributed by atoms with Gasteiger partial charge in [0.2, 0.25) is 0 Å². The van der Waals surface area contributed by atoms with E-state index in [1.165, 1.54) is 31.6 Å². The first-order chi connectivity index (χ1) is 6.77. The van der Waals surface area contributed by atoms with Gasteiger partial charge in [-0.3, -0.25) is 0 Å². The summed E-state index contributed by atoms with van der Waals surface area (Å²) >= 11 is 1.89. The second-order valence-electron chi connectivity index (χ2n) is 4.07. The maximum absolute atomic E-state index is 3.31. The van der Waals surface area contributed by atoms with E-state index in [9.17, 15) is 0 Å². The summed E-state index contributed by atoms with van der Waals surface area (Å²) in [6.07, 6.45) is 1.20. The van der Waals surface area contributed by atoms with Gasteiger partial charge in [-0.2, -0.15) is 0 Å². The van der Waals surface area contributed by atoms with Crippen LogP contribution >= 0.6 is 11.3 Å². The molecule has 2 nitrogen and oxygen atoms in total. The van der Waals surface area contributed by atoms with Crippen molar-refractivity contribution in [3.05, 3.63) is 21.9 Å². The molecule has 0 aromatic carbocycles. The van der Waals surface area contributed by atoms with Crippen molar-refractivity contribution >= 4 is 11.3 Å². The highest BCUT2D eigenvalue weighted by Crippen LogP contribution is 2.16.